The van der Waals surface area contributed by atoms with Crippen LogP contribution in [0.15, 0.2) is 58.3 Å². The van der Waals surface area contributed by atoms with E-state index < -0.39 is 0 Å². The third-order valence-corrected chi connectivity index (χ3v) is 3.14. The van der Waals surface area contributed by atoms with E-state index in [1.54, 1.807) is 18.2 Å². The molecule has 0 radical (unpaired) electrons. The molecule has 0 heterocycles. The summed E-state index contributed by atoms with van der Waals surface area (Å²) in [5.41, 5.74) is 17.6. The van der Waals surface area contributed by atoms with Crippen molar-refractivity contribution >= 4 is 12.6 Å². The van der Waals surface area contributed by atoms with Gasteiger partial charge in [0.25, 0.3) is 0 Å². The van der Waals surface area contributed by atoms with Crippen LogP contribution in [-0.4, -0.2) is 31.3 Å². The molecule has 0 atom stereocenters. The van der Waals surface area contributed by atoms with Crippen LogP contribution in [0.25, 0.3) is 0 Å². The summed E-state index contributed by atoms with van der Waals surface area (Å²) in [4.78, 5) is 3.74. The Morgan fingerprint density at radius 2 is 1.92 bits per heavy atom. The maximum absolute atomic E-state index is 13.7. The molecule has 9 heteroatoms. The molecule has 0 fully saturated rings. The monoisotopic (exact) mass is 334 g/mol. The van der Waals surface area contributed by atoms with Crippen LogP contribution in [0.3, 0.4) is 0 Å². The van der Waals surface area contributed by atoms with E-state index in [2.05, 4.69) is 34.0 Å². The smallest absolute Gasteiger partial charge is 0.145 e. The number of amidine groups is 1. The first-order valence-corrected chi connectivity index (χ1v) is 7.02. The standard InChI is InChI=1S/C15H23FN8/c1-10(22-9-23-15(19)13(17)14(18)20-2)24(21-3)8-11-6-4-5-7-12(11)16/h4-7,22-23H,1,3,8-9,17,19H2,2H3,(H2,18,20). The Labute approximate surface area is 140 Å². The number of hydrogen-bond acceptors (Lipinski definition) is 7. The van der Waals surface area contributed by atoms with E-state index in [0.29, 0.717) is 11.4 Å². The molecule has 8 nitrogen and oxygen atoms in total. The summed E-state index contributed by atoms with van der Waals surface area (Å²) < 4.78 is 13.7. The van der Waals surface area contributed by atoms with Crippen LogP contribution in [0.5, 0.6) is 0 Å². The number of nitrogens with two attached hydrogens (primary N) is 3. The molecular formula is C15H23FN8. The lowest BCUT2D eigenvalue weighted by Crippen LogP contribution is -2.38. The second-order valence-electron chi connectivity index (χ2n) is 4.70. The molecule has 0 unspecified atom stereocenters. The van der Waals surface area contributed by atoms with Gasteiger partial charge in [-0.05, 0) is 6.07 Å². The summed E-state index contributed by atoms with van der Waals surface area (Å²) in [5, 5.41) is 11.0. The molecule has 0 aliphatic heterocycles. The van der Waals surface area contributed by atoms with Crippen molar-refractivity contribution in [2.45, 2.75) is 6.54 Å². The number of benzene rings is 1. The van der Waals surface area contributed by atoms with Gasteiger partial charge >= 0.3 is 0 Å². The second kappa shape index (κ2) is 9.03. The molecule has 0 aromatic heterocycles. The third-order valence-electron chi connectivity index (χ3n) is 3.14. The lowest BCUT2D eigenvalue weighted by Gasteiger charge is -2.22. The van der Waals surface area contributed by atoms with E-state index in [1.807, 2.05) is 0 Å². The predicted octanol–water partition coefficient (Wildman–Crippen LogP) is -0.0753. The number of hydrogen-bond donors (Lipinski definition) is 5. The summed E-state index contributed by atoms with van der Waals surface area (Å²) >= 11 is 0. The van der Waals surface area contributed by atoms with E-state index in [0.717, 1.165) is 0 Å². The van der Waals surface area contributed by atoms with Crippen molar-refractivity contribution in [3.8, 4) is 0 Å². The Kier molecular flexibility index (Phi) is 7.08. The molecule has 0 bridgehead atoms. The van der Waals surface area contributed by atoms with Gasteiger partial charge in [0, 0.05) is 19.3 Å². The largest absolute Gasteiger partial charge is 0.393 e. The van der Waals surface area contributed by atoms with Crippen molar-refractivity contribution in [2.75, 3.05) is 13.7 Å². The quantitative estimate of drug-likeness (QED) is 0.186. The van der Waals surface area contributed by atoms with Gasteiger partial charge in [-0.3, -0.25) is 4.99 Å². The Morgan fingerprint density at radius 3 is 2.50 bits per heavy atom. The second-order valence-corrected chi connectivity index (χ2v) is 4.70. The van der Waals surface area contributed by atoms with Gasteiger partial charge in [0.05, 0.1) is 13.2 Å². The maximum atomic E-state index is 13.7. The van der Waals surface area contributed by atoms with Crippen molar-refractivity contribution in [1.29, 1.82) is 0 Å². The van der Waals surface area contributed by atoms with Crippen molar-refractivity contribution in [3.05, 3.63) is 59.6 Å². The van der Waals surface area contributed by atoms with Crippen LogP contribution >= 0.6 is 0 Å². The number of halogens is 1. The van der Waals surface area contributed by atoms with Crippen LogP contribution < -0.4 is 27.8 Å². The molecular weight excluding hydrogens is 311 g/mol. The minimum atomic E-state index is -0.327. The van der Waals surface area contributed by atoms with Crippen molar-refractivity contribution in [2.24, 2.45) is 27.3 Å². The molecule has 1 rings (SSSR count). The summed E-state index contributed by atoms with van der Waals surface area (Å²) in [5.74, 6) is 0.383. The Hall–Kier alpha value is -3.23. The SMILES string of the molecule is C=NN(Cc1ccccc1F)C(=C)NCNC(N)=C(N)C(N)=NC. The fourth-order valence-corrected chi connectivity index (χ4v) is 1.71. The molecule has 1 aromatic rings. The van der Waals surface area contributed by atoms with E-state index >= 15 is 0 Å². The minimum Gasteiger partial charge on any atom is -0.393 e. The van der Waals surface area contributed by atoms with Crippen molar-refractivity contribution < 1.29 is 4.39 Å². The van der Waals surface area contributed by atoms with E-state index in [-0.39, 0.29) is 36.4 Å². The van der Waals surface area contributed by atoms with Gasteiger partial charge in [0.15, 0.2) is 0 Å². The zero-order chi connectivity index (χ0) is 18.1. The zero-order valence-electron chi connectivity index (χ0n) is 13.6. The molecule has 0 saturated heterocycles. The van der Waals surface area contributed by atoms with Gasteiger partial charge in [-0.25, -0.2) is 9.40 Å². The molecule has 0 aliphatic rings. The molecule has 8 N–H and O–H groups in total. The van der Waals surface area contributed by atoms with Crippen LogP contribution in [0.4, 0.5) is 4.39 Å². The van der Waals surface area contributed by atoms with Gasteiger partial charge < -0.3 is 27.8 Å². The first-order valence-electron chi connectivity index (χ1n) is 7.02. The number of nitrogens with zero attached hydrogens (tertiary/aromatic N) is 3. The fraction of sp³-hybridized carbons (Fsp3) is 0.200. The average Bonchev–Trinajstić information content (AvgIpc) is 2.59. The third kappa shape index (κ3) is 5.20. The molecule has 0 saturated carbocycles. The lowest BCUT2D eigenvalue weighted by molar-refractivity contribution is 0.325. The number of aliphatic imine (C=N–C) groups is 1. The Bertz CT molecular complexity index is 653. The fourth-order valence-electron chi connectivity index (χ4n) is 1.71. The first kappa shape index (κ1) is 18.8. The normalized spacial score (nSPS) is 12.2. The van der Waals surface area contributed by atoms with Crippen LogP contribution in [0, 0.1) is 5.82 Å². The van der Waals surface area contributed by atoms with Crippen molar-refractivity contribution in [1.82, 2.24) is 15.6 Å². The van der Waals surface area contributed by atoms with Gasteiger partial charge in [0.1, 0.15) is 29.0 Å². The van der Waals surface area contributed by atoms with Crippen molar-refractivity contribution in [3.63, 3.8) is 0 Å². The molecule has 0 amide bonds. The van der Waals surface area contributed by atoms with Gasteiger partial charge in [-0.2, -0.15) is 5.10 Å². The van der Waals surface area contributed by atoms with Crippen LogP contribution in [0.1, 0.15) is 5.56 Å². The summed E-state index contributed by atoms with van der Waals surface area (Å²) in [6, 6.07) is 6.40. The maximum Gasteiger partial charge on any atom is 0.145 e. The molecule has 0 aliphatic carbocycles. The average molecular weight is 334 g/mol. The lowest BCUT2D eigenvalue weighted by atomic mass is 10.2. The molecule has 24 heavy (non-hydrogen) atoms. The topological polar surface area (TPSA) is 130 Å². The molecule has 1 aromatic carbocycles. The van der Waals surface area contributed by atoms with Crippen LogP contribution in [0.2, 0.25) is 0 Å². The highest BCUT2D eigenvalue weighted by Crippen LogP contribution is 2.12. The van der Waals surface area contributed by atoms with Gasteiger partial charge in [-0.1, -0.05) is 24.8 Å². The first-order chi connectivity index (χ1) is 11.4. The number of hydrazone groups is 1. The van der Waals surface area contributed by atoms with E-state index in [9.17, 15) is 4.39 Å². The predicted molar refractivity (Wildman–Crippen MR) is 94.7 cm³/mol. The molecule has 0 spiro atoms. The highest BCUT2D eigenvalue weighted by Gasteiger charge is 2.09. The highest BCUT2D eigenvalue weighted by atomic mass is 19.1. The van der Waals surface area contributed by atoms with E-state index in [4.69, 9.17) is 17.2 Å². The molecule has 130 valence electrons. The van der Waals surface area contributed by atoms with Crippen LogP contribution in [-0.2, 0) is 6.54 Å². The minimum absolute atomic E-state index is 0.132. The highest BCUT2D eigenvalue weighted by molar-refractivity contribution is 5.96. The zero-order valence-corrected chi connectivity index (χ0v) is 13.6. The summed E-state index contributed by atoms with van der Waals surface area (Å²) in [7, 11) is 1.51. The summed E-state index contributed by atoms with van der Waals surface area (Å²) in [6.07, 6.45) is 0. The van der Waals surface area contributed by atoms with E-state index in [1.165, 1.54) is 18.1 Å². The van der Waals surface area contributed by atoms with Gasteiger partial charge in [-0.15, -0.1) is 0 Å². The number of rotatable bonds is 9. The number of nitrogens with one attached hydrogen (secondary N) is 2. The Balaban J connectivity index is 2.60. The Morgan fingerprint density at radius 1 is 1.25 bits per heavy atom. The summed E-state index contributed by atoms with van der Waals surface area (Å²) in [6.45, 7) is 7.67. The van der Waals surface area contributed by atoms with Gasteiger partial charge in [0.2, 0.25) is 0 Å².